The van der Waals surface area contributed by atoms with Crippen molar-refractivity contribution in [3.8, 4) is 45.6 Å². The van der Waals surface area contributed by atoms with Gasteiger partial charge >= 0.3 is 0 Å². The van der Waals surface area contributed by atoms with Crippen molar-refractivity contribution in [1.82, 2.24) is 39.9 Å². The Kier molecular flexibility index (Phi) is 5.42. The van der Waals surface area contributed by atoms with Crippen molar-refractivity contribution in [1.29, 1.82) is 0 Å². The topological polar surface area (TPSA) is 106 Å². The molecule has 9 heteroatoms. The van der Waals surface area contributed by atoms with Gasteiger partial charge in [0.15, 0.2) is 0 Å². The molecule has 9 rings (SSSR count). The monoisotopic (exact) mass is 601 g/mol. The van der Waals surface area contributed by atoms with Crippen LogP contribution in [0.3, 0.4) is 0 Å². The van der Waals surface area contributed by atoms with E-state index in [4.69, 9.17) is 39.9 Å². The third-order valence-corrected chi connectivity index (χ3v) is 7.33. The molecule has 0 fully saturated rings. The van der Waals surface area contributed by atoms with E-state index >= 15 is 0 Å². The zero-order chi connectivity index (χ0) is 26.2. The second-order valence-electron chi connectivity index (χ2n) is 9.67. The smallest absolute Gasteiger partial charge is 0.0927 e. The van der Waals surface area contributed by atoms with Crippen LogP contribution in [0.1, 0.15) is 0 Å². The minimum Gasteiger partial charge on any atom is -0.357 e. The summed E-state index contributed by atoms with van der Waals surface area (Å²) in [7, 11) is 0. The number of aromatic nitrogens is 8. The van der Waals surface area contributed by atoms with Crippen molar-refractivity contribution < 1.29 is 32.7 Å². The third-order valence-electron chi connectivity index (χ3n) is 7.33. The van der Waals surface area contributed by atoms with Crippen molar-refractivity contribution in [2.45, 2.75) is 0 Å². The Balaban J connectivity index is 0.00000256. The summed E-state index contributed by atoms with van der Waals surface area (Å²) in [6.45, 7) is 0. The summed E-state index contributed by atoms with van der Waals surface area (Å²) in [5.41, 5.74) is 5.78. The predicted octanol–water partition coefficient (Wildman–Crippen LogP) is 6.12. The summed E-state index contributed by atoms with van der Waals surface area (Å²) in [4.78, 5) is 39.3. The molecular weight excluding hydrogens is 585 g/mol. The number of fused-ring (bicyclic) bond motifs is 20. The van der Waals surface area contributed by atoms with Gasteiger partial charge in [0.25, 0.3) is 0 Å². The molecule has 8 nitrogen and oxygen atoms in total. The zero-order valence-electron chi connectivity index (χ0n) is 21.4. The Morgan fingerprint density at radius 2 is 0.561 bits per heavy atom. The van der Waals surface area contributed by atoms with Crippen LogP contribution in [0.2, 0.25) is 0 Å². The maximum atomic E-state index is 4.95. The second-order valence-corrected chi connectivity index (χ2v) is 9.67. The third kappa shape index (κ3) is 3.68. The van der Waals surface area contributed by atoms with Gasteiger partial charge < -0.3 is 29.9 Å². The van der Waals surface area contributed by atoms with Crippen LogP contribution in [0.5, 0.6) is 0 Å². The van der Waals surface area contributed by atoms with Gasteiger partial charge in [-0.1, -0.05) is 97.1 Å². The van der Waals surface area contributed by atoms with E-state index in [0.29, 0.717) is 45.9 Å². The van der Waals surface area contributed by atoms with Crippen molar-refractivity contribution in [2.75, 3.05) is 0 Å². The molecule has 0 spiro atoms. The van der Waals surface area contributed by atoms with E-state index in [1.54, 1.807) is 0 Å². The molecule has 8 bridgehead atoms. The molecule has 0 atom stereocenters. The molecule has 0 aliphatic carbocycles. The van der Waals surface area contributed by atoms with Crippen LogP contribution in [0.4, 0.5) is 0 Å². The van der Waals surface area contributed by atoms with Gasteiger partial charge in [-0.15, -0.1) is 0 Å². The fourth-order valence-corrected chi connectivity index (χ4v) is 5.46. The molecule has 1 radical (unpaired) electrons. The molecule has 41 heavy (non-hydrogen) atoms. The largest absolute Gasteiger partial charge is 0.357 e. The molecule has 2 aliphatic rings. The van der Waals surface area contributed by atoms with Crippen LogP contribution >= 0.6 is 0 Å². The van der Waals surface area contributed by atoms with Crippen LogP contribution in [-0.2, 0) is 32.7 Å². The number of benzene rings is 4. The molecule has 3 aromatic heterocycles. The maximum Gasteiger partial charge on any atom is 0.0927 e. The summed E-state index contributed by atoms with van der Waals surface area (Å²) >= 11 is 0. The van der Waals surface area contributed by atoms with Crippen molar-refractivity contribution in [3.05, 3.63) is 97.1 Å². The van der Waals surface area contributed by atoms with Crippen molar-refractivity contribution >= 4 is 44.1 Å². The van der Waals surface area contributed by atoms with Gasteiger partial charge in [-0.25, -0.2) is 9.97 Å². The summed E-state index contributed by atoms with van der Waals surface area (Å²) < 4.78 is 0. The van der Waals surface area contributed by atoms with Crippen LogP contribution < -0.4 is 9.97 Å². The summed E-state index contributed by atoms with van der Waals surface area (Å²) in [5, 5.41) is 3.57. The second kappa shape index (κ2) is 9.19. The van der Waals surface area contributed by atoms with Crippen LogP contribution in [0.25, 0.3) is 89.7 Å². The molecule has 7 aromatic rings. The van der Waals surface area contributed by atoms with E-state index in [9.17, 15) is 0 Å². The Hall–Kier alpha value is -4.66. The van der Waals surface area contributed by atoms with Gasteiger partial charge in [0.2, 0.25) is 0 Å². The van der Waals surface area contributed by atoms with E-state index in [1.165, 1.54) is 0 Å². The van der Waals surface area contributed by atoms with E-state index in [0.717, 1.165) is 43.8 Å². The molecule has 2 aliphatic heterocycles. The van der Waals surface area contributed by atoms with Crippen LogP contribution in [0, 0.1) is 0 Å². The van der Waals surface area contributed by atoms with Crippen LogP contribution in [-0.4, -0.2) is 29.9 Å². The van der Waals surface area contributed by atoms with E-state index in [-0.39, 0.29) is 32.7 Å². The van der Waals surface area contributed by atoms with E-state index in [1.807, 2.05) is 97.1 Å². The standard InChI is InChI=1S/C32H16N8.Y/c1-2-10-18-17(9-1)25-33-26(18)38-28-21-13-5-6-14-22(21)30(35-28)40-32-24-16-8-7-15-23(24)31(36-32)39-29-20-12-4-3-11-19(20)27(34-29)37-25;/h1-16H;/q-2;. The first-order valence-corrected chi connectivity index (χ1v) is 12.9. The SMILES string of the molecule is [Y].c1ccc2c(c1)-c1nc-2nc2[n-]c(nc3nc(nc4[n-]c(n1)c1ccccc41)-c1ccccc1-3)c1ccccc21. The minimum atomic E-state index is 0. The predicted molar refractivity (Wildman–Crippen MR) is 154 cm³/mol. The Morgan fingerprint density at radius 3 is 0.829 bits per heavy atom. The first kappa shape index (κ1) is 24.2. The number of hydrogen-bond donors (Lipinski definition) is 0. The summed E-state index contributed by atoms with van der Waals surface area (Å²) in [5.74, 6) is 2.21. The average Bonchev–Trinajstić information content (AvgIpc) is 3.73. The maximum absolute atomic E-state index is 4.95. The zero-order valence-corrected chi connectivity index (χ0v) is 24.2. The fraction of sp³-hybridized carbons (Fsp3) is 0. The molecule has 189 valence electrons. The molecule has 0 amide bonds. The van der Waals surface area contributed by atoms with Crippen molar-refractivity contribution in [3.63, 3.8) is 0 Å². The number of rotatable bonds is 0. The minimum absolute atomic E-state index is 0. The molecule has 0 saturated heterocycles. The van der Waals surface area contributed by atoms with Crippen LogP contribution in [0.15, 0.2) is 97.1 Å². The molecule has 0 saturated carbocycles. The van der Waals surface area contributed by atoms with Gasteiger partial charge in [0.1, 0.15) is 0 Å². The summed E-state index contributed by atoms with van der Waals surface area (Å²) in [6, 6.07) is 31.8. The van der Waals surface area contributed by atoms with E-state index < -0.39 is 0 Å². The quantitative estimate of drug-likeness (QED) is 0.205. The summed E-state index contributed by atoms with van der Waals surface area (Å²) in [6.07, 6.45) is 0. The van der Waals surface area contributed by atoms with Crippen molar-refractivity contribution in [2.24, 2.45) is 0 Å². The first-order valence-electron chi connectivity index (χ1n) is 12.9. The van der Waals surface area contributed by atoms with Gasteiger partial charge in [0.05, 0.1) is 23.3 Å². The Morgan fingerprint density at radius 1 is 0.317 bits per heavy atom. The Labute approximate surface area is 257 Å². The average molecular weight is 601 g/mol. The van der Waals surface area contributed by atoms with Gasteiger partial charge in [-0.2, -0.15) is 0 Å². The molecule has 5 heterocycles. The number of hydrogen-bond acceptors (Lipinski definition) is 6. The fourth-order valence-electron chi connectivity index (χ4n) is 5.46. The first-order chi connectivity index (χ1) is 19.8. The van der Waals surface area contributed by atoms with Gasteiger partial charge in [-0.05, 0) is 21.5 Å². The van der Waals surface area contributed by atoms with E-state index in [2.05, 4.69) is 0 Å². The Bertz CT molecular complexity index is 2030. The number of nitrogens with zero attached hydrogens (tertiary/aromatic N) is 8. The molecule has 4 aromatic carbocycles. The molecule has 0 unspecified atom stereocenters. The normalized spacial score (nSPS) is 11.7. The van der Waals surface area contributed by atoms with Gasteiger partial charge in [-0.3, -0.25) is 0 Å². The van der Waals surface area contributed by atoms with Gasteiger partial charge in [0, 0.05) is 77.6 Å². The molecular formula is C32H16N8Y-2. The molecule has 0 N–H and O–H groups in total.